The number of nitrogens with zero attached hydrogens (tertiary/aromatic N) is 5. The molecular weight excluding hydrogens is 444 g/mol. The minimum absolute atomic E-state index is 0.0404. The molecular formula is C26H28N6OS. The van der Waals surface area contributed by atoms with E-state index in [-0.39, 0.29) is 12.2 Å². The Bertz CT molecular complexity index is 1330. The van der Waals surface area contributed by atoms with Gasteiger partial charge in [-0.2, -0.15) is 0 Å². The third-order valence-electron chi connectivity index (χ3n) is 6.59. The lowest BCUT2D eigenvalue weighted by molar-refractivity contribution is 0.0992. The first-order valence-corrected chi connectivity index (χ1v) is 12.3. The van der Waals surface area contributed by atoms with Gasteiger partial charge in [-0.3, -0.25) is 9.78 Å². The van der Waals surface area contributed by atoms with Crippen LogP contribution >= 0.6 is 11.3 Å². The van der Waals surface area contributed by atoms with E-state index in [9.17, 15) is 4.79 Å². The van der Waals surface area contributed by atoms with Gasteiger partial charge in [0.15, 0.2) is 10.9 Å². The molecule has 4 aromatic rings. The van der Waals surface area contributed by atoms with Crippen LogP contribution in [0.1, 0.15) is 28.9 Å². The van der Waals surface area contributed by atoms with Crippen molar-refractivity contribution in [2.45, 2.75) is 25.3 Å². The van der Waals surface area contributed by atoms with Gasteiger partial charge in [0.2, 0.25) is 0 Å². The van der Waals surface area contributed by atoms with E-state index in [1.807, 2.05) is 30.5 Å². The first kappa shape index (κ1) is 22.4. The van der Waals surface area contributed by atoms with Gasteiger partial charge in [0.25, 0.3) is 0 Å². The number of fused-ring (bicyclic) bond motifs is 1. The number of carbonyl (C=O) groups excluding carboxylic acids is 1. The number of hydrogen-bond acceptors (Lipinski definition) is 8. The van der Waals surface area contributed by atoms with Gasteiger partial charge in [-0.25, -0.2) is 9.97 Å². The lowest BCUT2D eigenvalue weighted by atomic mass is 10.0. The molecule has 0 spiro atoms. The van der Waals surface area contributed by atoms with Gasteiger partial charge in [-0.05, 0) is 68.2 Å². The molecule has 1 aliphatic rings. The predicted molar refractivity (Wildman–Crippen MR) is 138 cm³/mol. The average Bonchev–Trinajstić information content (AvgIpc) is 3.30. The van der Waals surface area contributed by atoms with Crippen LogP contribution in [0.15, 0.2) is 55.0 Å². The fraction of sp³-hybridized carbons (Fsp3) is 0.308. The Morgan fingerprint density at radius 3 is 2.68 bits per heavy atom. The van der Waals surface area contributed by atoms with Crippen LogP contribution in [-0.2, 0) is 6.42 Å². The monoisotopic (exact) mass is 472 g/mol. The summed E-state index contributed by atoms with van der Waals surface area (Å²) in [5.74, 6) is 0.888. The van der Waals surface area contributed by atoms with E-state index in [0.717, 1.165) is 58.7 Å². The van der Waals surface area contributed by atoms with Crippen molar-refractivity contribution in [2.24, 2.45) is 0 Å². The van der Waals surface area contributed by atoms with Crippen LogP contribution in [0.25, 0.3) is 21.2 Å². The second-order valence-corrected chi connectivity index (χ2v) is 10.0. The number of nitrogens with two attached hydrogens (primary N) is 1. The number of hydrogen-bond donors (Lipinski definition) is 1. The Labute approximate surface area is 203 Å². The number of rotatable bonds is 6. The van der Waals surface area contributed by atoms with Gasteiger partial charge < -0.3 is 15.5 Å². The summed E-state index contributed by atoms with van der Waals surface area (Å²) in [4.78, 5) is 31.9. The van der Waals surface area contributed by atoms with E-state index in [1.165, 1.54) is 11.3 Å². The predicted octanol–water partition coefficient (Wildman–Crippen LogP) is 4.29. The maximum Gasteiger partial charge on any atom is 0.180 e. The van der Waals surface area contributed by atoms with Crippen molar-refractivity contribution >= 4 is 38.8 Å². The number of Topliss-reactive ketones (excluding diaryl/α,β-unsaturated/α-hetero) is 1. The minimum Gasteiger partial charge on any atom is -0.375 e. The highest BCUT2D eigenvalue weighted by Crippen LogP contribution is 2.30. The number of thiazole rings is 1. The molecule has 0 bridgehead atoms. The molecule has 34 heavy (non-hydrogen) atoms. The Balaban J connectivity index is 1.33. The van der Waals surface area contributed by atoms with Crippen molar-refractivity contribution < 1.29 is 4.79 Å². The quantitative estimate of drug-likeness (QED) is 0.419. The van der Waals surface area contributed by atoms with Crippen LogP contribution in [0, 0.1) is 0 Å². The molecule has 0 saturated carbocycles. The van der Waals surface area contributed by atoms with E-state index >= 15 is 0 Å². The number of aromatic nitrogens is 3. The molecule has 4 heterocycles. The van der Waals surface area contributed by atoms with Crippen LogP contribution < -0.4 is 10.6 Å². The van der Waals surface area contributed by atoms with Crippen molar-refractivity contribution in [3.63, 3.8) is 0 Å². The first-order valence-electron chi connectivity index (χ1n) is 11.5. The van der Waals surface area contributed by atoms with Crippen LogP contribution in [0.5, 0.6) is 0 Å². The summed E-state index contributed by atoms with van der Waals surface area (Å²) < 4.78 is 0. The Kier molecular flexibility index (Phi) is 6.26. The molecule has 174 valence electrons. The highest BCUT2D eigenvalue weighted by Gasteiger charge is 2.22. The molecule has 0 amide bonds. The molecule has 0 radical (unpaired) electrons. The van der Waals surface area contributed by atoms with Crippen molar-refractivity contribution in [2.75, 3.05) is 37.8 Å². The fourth-order valence-corrected chi connectivity index (χ4v) is 5.16. The van der Waals surface area contributed by atoms with Gasteiger partial charge >= 0.3 is 0 Å². The SMILES string of the molecule is CN1CCC(N(C)c2cc(C(=O)Cc3cc4cc(-c5cnc(N)s5)ccc4cn3)ccn2)CC1. The molecule has 0 unspecified atom stereocenters. The number of benzene rings is 1. The summed E-state index contributed by atoms with van der Waals surface area (Å²) in [7, 11) is 4.23. The number of nitrogen functional groups attached to an aromatic ring is 1. The van der Waals surface area contributed by atoms with E-state index in [4.69, 9.17) is 5.73 Å². The molecule has 0 atom stereocenters. The third-order valence-corrected chi connectivity index (χ3v) is 7.47. The summed E-state index contributed by atoms with van der Waals surface area (Å²) in [6, 6.07) is 12.3. The summed E-state index contributed by atoms with van der Waals surface area (Å²) in [6.07, 6.45) is 7.79. The normalized spacial score (nSPS) is 15.0. The van der Waals surface area contributed by atoms with Crippen LogP contribution in [0.2, 0.25) is 0 Å². The highest BCUT2D eigenvalue weighted by atomic mass is 32.1. The van der Waals surface area contributed by atoms with Gasteiger partial charge in [0.1, 0.15) is 5.82 Å². The van der Waals surface area contributed by atoms with Gasteiger partial charge in [0.05, 0.1) is 11.3 Å². The van der Waals surface area contributed by atoms with Crippen LogP contribution in [0.3, 0.4) is 0 Å². The number of anilines is 2. The summed E-state index contributed by atoms with van der Waals surface area (Å²) in [5, 5.41) is 2.62. The number of likely N-dealkylation sites (tertiary alicyclic amines) is 1. The topological polar surface area (TPSA) is 88.2 Å². The van der Waals surface area contributed by atoms with Crippen LogP contribution in [-0.4, -0.2) is 58.9 Å². The molecule has 1 aliphatic heterocycles. The molecule has 7 nitrogen and oxygen atoms in total. The van der Waals surface area contributed by atoms with Crippen molar-refractivity contribution in [1.29, 1.82) is 0 Å². The minimum atomic E-state index is 0.0404. The lowest BCUT2D eigenvalue weighted by Gasteiger charge is -2.35. The second kappa shape index (κ2) is 9.48. The lowest BCUT2D eigenvalue weighted by Crippen LogP contribution is -2.42. The van der Waals surface area contributed by atoms with Crippen molar-refractivity contribution in [3.05, 3.63) is 66.2 Å². The zero-order valence-corrected chi connectivity index (χ0v) is 20.3. The largest absolute Gasteiger partial charge is 0.375 e. The molecule has 0 aliphatic carbocycles. The molecule has 2 N–H and O–H groups in total. The third kappa shape index (κ3) is 4.78. The Hall–Kier alpha value is -3.36. The van der Waals surface area contributed by atoms with E-state index in [2.05, 4.69) is 44.9 Å². The van der Waals surface area contributed by atoms with E-state index in [1.54, 1.807) is 18.5 Å². The zero-order valence-electron chi connectivity index (χ0n) is 19.4. The smallest absolute Gasteiger partial charge is 0.180 e. The zero-order chi connectivity index (χ0) is 23.7. The molecule has 8 heteroatoms. The number of piperidine rings is 1. The maximum atomic E-state index is 13.1. The fourth-order valence-electron chi connectivity index (χ4n) is 4.48. The summed E-state index contributed by atoms with van der Waals surface area (Å²) in [6.45, 7) is 2.17. The van der Waals surface area contributed by atoms with E-state index in [0.29, 0.717) is 16.7 Å². The molecule has 1 aromatic carbocycles. The van der Waals surface area contributed by atoms with Crippen LogP contribution in [0.4, 0.5) is 10.9 Å². The molecule has 5 rings (SSSR count). The van der Waals surface area contributed by atoms with Gasteiger partial charge in [-0.15, -0.1) is 0 Å². The van der Waals surface area contributed by atoms with Crippen molar-refractivity contribution in [1.82, 2.24) is 19.9 Å². The summed E-state index contributed by atoms with van der Waals surface area (Å²) in [5.41, 5.74) is 8.26. The number of ketones is 1. The second-order valence-electron chi connectivity index (χ2n) is 8.95. The number of carbonyl (C=O) groups is 1. The molecule has 1 saturated heterocycles. The Morgan fingerprint density at radius 2 is 1.91 bits per heavy atom. The van der Waals surface area contributed by atoms with Gasteiger partial charge in [-0.1, -0.05) is 23.5 Å². The highest BCUT2D eigenvalue weighted by molar-refractivity contribution is 7.18. The van der Waals surface area contributed by atoms with E-state index < -0.39 is 0 Å². The standard InChI is InChI=1S/C26H28N6OS/c1-31-9-6-22(7-10-31)32(2)25-13-17(5-8-28-25)23(33)14-21-12-20-11-18(3-4-19(20)15-29-21)24-16-30-26(27)34-24/h3-5,8,11-13,15-16,22H,6-7,9-10,14H2,1-2H3,(H2,27,30). The number of pyridine rings is 2. The molecule has 1 fully saturated rings. The Morgan fingerprint density at radius 1 is 1.09 bits per heavy atom. The maximum absolute atomic E-state index is 13.1. The molecule has 3 aromatic heterocycles. The van der Waals surface area contributed by atoms with Gasteiger partial charge in [0, 0.05) is 48.3 Å². The average molecular weight is 473 g/mol. The summed E-state index contributed by atoms with van der Waals surface area (Å²) >= 11 is 1.46. The first-order chi connectivity index (χ1) is 16.5. The van der Waals surface area contributed by atoms with Crippen molar-refractivity contribution in [3.8, 4) is 10.4 Å².